The van der Waals surface area contributed by atoms with Gasteiger partial charge in [0.2, 0.25) is 0 Å². The van der Waals surface area contributed by atoms with E-state index < -0.39 is 5.41 Å². The minimum absolute atomic E-state index is 0.0710. The van der Waals surface area contributed by atoms with Crippen LogP contribution >= 0.6 is 23.2 Å². The van der Waals surface area contributed by atoms with E-state index in [1.165, 1.54) is 0 Å². The molecule has 1 heterocycles. The van der Waals surface area contributed by atoms with Gasteiger partial charge in [-0.05, 0) is 45.0 Å². The maximum atomic E-state index is 12.8. The van der Waals surface area contributed by atoms with Crippen LogP contribution in [0.4, 0.5) is 0 Å². The van der Waals surface area contributed by atoms with Crippen molar-refractivity contribution in [1.29, 1.82) is 0 Å². The van der Waals surface area contributed by atoms with E-state index >= 15 is 0 Å². The molecule has 1 N–H and O–H groups in total. The number of rotatable bonds is 5. The van der Waals surface area contributed by atoms with Crippen LogP contribution in [-0.4, -0.2) is 31.6 Å². The lowest BCUT2D eigenvalue weighted by molar-refractivity contribution is 0.0170. The maximum Gasteiger partial charge on any atom is 0.172 e. The molecule has 0 aromatic heterocycles. The minimum atomic E-state index is -0.499. The first-order valence-corrected chi connectivity index (χ1v) is 7.52. The Morgan fingerprint density at radius 3 is 2.70 bits per heavy atom. The Hall–Kier alpha value is -0.610. The van der Waals surface area contributed by atoms with Gasteiger partial charge in [-0.15, -0.1) is 0 Å². The summed E-state index contributed by atoms with van der Waals surface area (Å²) in [4.78, 5) is 12.8. The largest absolute Gasteiger partial charge is 0.378 e. The molecule has 3 nitrogen and oxygen atoms in total. The van der Waals surface area contributed by atoms with E-state index in [9.17, 15) is 4.79 Å². The maximum absolute atomic E-state index is 12.8. The molecular formula is C15H19Cl2NO2. The number of ether oxygens (including phenoxy) is 1. The molecule has 0 amide bonds. The van der Waals surface area contributed by atoms with E-state index in [2.05, 4.69) is 5.32 Å². The zero-order valence-corrected chi connectivity index (χ0v) is 13.2. The van der Waals surface area contributed by atoms with E-state index in [1.54, 1.807) is 18.2 Å². The van der Waals surface area contributed by atoms with Crippen molar-refractivity contribution in [3.05, 3.63) is 33.8 Å². The first-order chi connectivity index (χ1) is 9.44. The fraction of sp³-hybridized carbons (Fsp3) is 0.533. The van der Waals surface area contributed by atoms with Gasteiger partial charge in [0.05, 0.1) is 28.2 Å². The van der Waals surface area contributed by atoms with Gasteiger partial charge in [-0.2, -0.15) is 0 Å². The van der Waals surface area contributed by atoms with Gasteiger partial charge in [0.25, 0.3) is 0 Å². The summed E-state index contributed by atoms with van der Waals surface area (Å²) in [6.07, 6.45) is 0.882. The molecule has 0 radical (unpaired) electrons. The summed E-state index contributed by atoms with van der Waals surface area (Å²) in [5.41, 5.74) is 0.0944. The van der Waals surface area contributed by atoms with Crippen LogP contribution in [0, 0.1) is 5.41 Å². The fourth-order valence-electron chi connectivity index (χ4n) is 2.40. The normalized spacial score (nSPS) is 22.4. The van der Waals surface area contributed by atoms with E-state index in [0.29, 0.717) is 28.8 Å². The van der Waals surface area contributed by atoms with Crippen molar-refractivity contribution in [2.75, 3.05) is 19.7 Å². The number of nitrogens with one attached hydrogen (secondary N) is 1. The van der Waals surface area contributed by atoms with Crippen molar-refractivity contribution >= 4 is 29.0 Å². The summed E-state index contributed by atoms with van der Waals surface area (Å²) in [7, 11) is 0. The van der Waals surface area contributed by atoms with Crippen molar-refractivity contribution in [2.45, 2.75) is 26.4 Å². The van der Waals surface area contributed by atoms with Crippen molar-refractivity contribution < 1.29 is 9.53 Å². The Morgan fingerprint density at radius 2 is 2.15 bits per heavy atom. The average molecular weight is 316 g/mol. The van der Waals surface area contributed by atoms with Crippen molar-refractivity contribution in [3.63, 3.8) is 0 Å². The SMILES string of the molecule is CC(C)OCC1(C(=O)c2ccc(Cl)c(Cl)c2)CCNC1. The third-order valence-corrected chi connectivity index (χ3v) is 4.34. The Morgan fingerprint density at radius 1 is 1.40 bits per heavy atom. The number of hydrogen-bond donors (Lipinski definition) is 1. The Kier molecular flexibility index (Phi) is 5.08. The third kappa shape index (κ3) is 3.34. The molecule has 1 saturated heterocycles. The van der Waals surface area contributed by atoms with E-state index in [0.717, 1.165) is 13.0 Å². The van der Waals surface area contributed by atoms with Gasteiger partial charge < -0.3 is 10.1 Å². The van der Waals surface area contributed by atoms with E-state index in [4.69, 9.17) is 27.9 Å². The smallest absolute Gasteiger partial charge is 0.172 e. The molecule has 0 bridgehead atoms. The van der Waals surface area contributed by atoms with Crippen LogP contribution in [0.25, 0.3) is 0 Å². The zero-order chi connectivity index (χ0) is 14.8. The molecule has 0 aliphatic carbocycles. The summed E-state index contributed by atoms with van der Waals surface area (Å²) in [6, 6.07) is 5.03. The highest BCUT2D eigenvalue weighted by Crippen LogP contribution is 2.33. The van der Waals surface area contributed by atoms with Gasteiger partial charge in [-0.25, -0.2) is 0 Å². The van der Waals surface area contributed by atoms with Gasteiger partial charge in [-0.3, -0.25) is 4.79 Å². The van der Waals surface area contributed by atoms with E-state index in [1.807, 2.05) is 13.8 Å². The highest BCUT2D eigenvalue weighted by Gasteiger charge is 2.42. The number of carbonyl (C=O) groups excluding carboxylic acids is 1. The molecule has 1 fully saturated rings. The lowest BCUT2D eigenvalue weighted by Gasteiger charge is -2.27. The Labute approximate surface area is 129 Å². The molecule has 2 rings (SSSR count). The number of halogens is 2. The molecule has 1 aliphatic heterocycles. The number of ketones is 1. The van der Waals surface area contributed by atoms with Crippen LogP contribution in [0.15, 0.2) is 18.2 Å². The first kappa shape index (κ1) is 15.8. The molecule has 0 saturated carbocycles. The lowest BCUT2D eigenvalue weighted by atomic mass is 9.80. The summed E-state index contributed by atoms with van der Waals surface area (Å²) >= 11 is 11.9. The standard InChI is InChI=1S/C15H19Cl2NO2/c1-10(2)20-9-15(5-6-18-8-15)14(19)11-3-4-12(16)13(17)7-11/h3-4,7,10,18H,5-6,8-9H2,1-2H3. The second-order valence-electron chi connectivity index (χ2n) is 5.52. The third-order valence-electron chi connectivity index (χ3n) is 3.60. The van der Waals surface area contributed by atoms with Crippen LogP contribution in [0.5, 0.6) is 0 Å². The number of carbonyl (C=O) groups is 1. The van der Waals surface area contributed by atoms with Gasteiger partial charge in [0.15, 0.2) is 5.78 Å². The minimum Gasteiger partial charge on any atom is -0.378 e. The second kappa shape index (κ2) is 6.44. The number of hydrogen-bond acceptors (Lipinski definition) is 3. The molecular weight excluding hydrogens is 297 g/mol. The topological polar surface area (TPSA) is 38.3 Å². The molecule has 0 spiro atoms. The molecule has 1 atom stereocenters. The number of Topliss-reactive ketones (excluding diaryl/α,β-unsaturated/α-hetero) is 1. The van der Waals surface area contributed by atoms with Gasteiger partial charge in [-0.1, -0.05) is 23.2 Å². The average Bonchev–Trinajstić information content (AvgIpc) is 2.89. The van der Waals surface area contributed by atoms with Crippen LogP contribution in [0.1, 0.15) is 30.6 Å². The van der Waals surface area contributed by atoms with Gasteiger partial charge >= 0.3 is 0 Å². The molecule has 20 heavy (non-hydrogen) atoms. The molecule has 1 unspecified atom stereocenters. The van der Waals surface area contributed by atoms with Crippen LogP contribution in [0.3, 0.4) is 0 Å². The zero-order valence-electron chi connectivity index (χ0n) is 11.7. The van der Waals surface area contributed by atoms with Crippen molar-refractivity contribution in [1.82, 2.24) is 5.32 Å². The van der Waals surface area contributed by atoms with Gasteiger partial charge in [0.1, 0.15) is 0 Å². The molecule has 1 aliphatic rings. The first-order valence-electron chi connectivity index (χ1n) is 6.77. The summed E-state index contributed by atoms with van der Waals surface area (Å²) in [5, 5.41) is 4.12. The fourth-order valence-corrected chi connectivity index (χ4v) is 2.69. The monoisotopic (exact) mass is 315 g/mol. The van der Waals surface area contributed by atoms with Crippen LogP contribution in [-0.2, 0) is 4.74 Å². The van der Waals surface area contributed by atoms with Crippen LogP contribution in [0.2, 0.25) is 10.0 Å². The van der Waals surface area contributed by atoms with Crippen LogP contribution < -0.4 is 5.32 Å². The second-order valence-corrected chi connectivity index (χ2v) is 6.34. The van der Waals surface area contributed by atoms with Crippen molar-refractivity contribution in [2.24, 2.45) is 5.41 Å². The summed E-state index contributed by atoms with van der Waals surface area (Å²) in [5.74, 6) is 0.0710. The van der Waals surface area contributed by atoms with Crippen molar-refractivity contribution in [3.8, 4) is 0 Å². The Balaban J connectivity index is 2.24. The molecule has 5 heteroatoms. The Bertz CT molecular complexity index is 497. The summed E-state index contributed by atoms with van der Waals surface area (Å²) in [6.45, 7) is 5.84. The lowest BCUT2D eigenvalue weighted by Crippen LogP contribution is -2.39. The molecule has 1 aromatic rings. The number of benzene rings is 1. The van der Waals surface area contributed by atoms with Gasteiger partial charge in [0, 0.05) is 12.1 Å². The predicted molar refractivity (Wildman–Crippen MR) is 81.8 cm³/mol. The highest BCUT2D eigenvalue weighted by molar-refractivity contribution is 6.42. The highest BCUT2D eigenvalue weighted by atomic mass is 35.5. The summed E-state index contributed by atoms with van der Waals surface area (Å²) < 4.78 is 5.71. The predicted octanol–water partition coefficient (Wildman–Crippen LogP) is 3.58. The van der Waals surface area contributed by atoms with E-state index in [-0.39, 0.29) is 11.9 Å². The molecule has 1 aromatic carbocycles. The molecule has 110 valence electrons. The quantitative estimate of drug-likeness (QED) is 0.844.